The van der Waals surface area contributed by atoms with E-state index in [4.69, 9.17) is 9.47 Å². The van der Waals surface area contributed by atoms with Gasteiger partial charge in [-0.2, -0.15) is 0 Å². The van der Waals surface area contributed by atoms with Crippen molar-refractivity contribution in [3.63, 3.8) is 0 Å². The van der Waals surface area contributed by atoms with Gasteiger partial charge in [-0.05, 0) is 66.9 Å². The second-order valence-corrected chi connectivity index (χ2v) is 9.32. The summed E-state index contributed by atoms with van der Waals surface area (Å²) in [5, 5.41) is 20.0. The van der Waals surface area contributed by atoms with Crippen LogP contribution in [0.4, 0.5) is 4.39 Å². The molecule has 0 spiro atoms. The van der Waals surface area contributed by atoms with Gasteiger partial charge in [-0.25, -0.2) is 4.39 Å². The van der Waals surface area contributed by atoms with Crippen molar-refractivity contribution in [2.75, 3.05) is 13.7 Å². The molecule has 1 heterocycles. The van der Waals surface area contributed by atoms with Crippen LogP contribution in [0.25, 0.3) is 5.69 Å². The third kappa shape index (κ3) is 6.01. The molecule has 0 unspecified atom stereocenters. The molecule has 36 heavy (non-hydrogen) atoms. The number of halogens is 1. The third-order valence-electron chi connectivity index (χ3n) is 5.46. The summed E-state index contributed by atoms with van der Waals surface area (Å²) in [5.74, 6) is 1.22. The predicted molar refractivity (Wildman–Crippen MR) is 135 cm³/mol. The number of methoxy groups -OCH3 is 1. The summed E-state index contributed by atoms with van der Waals surface area (Å²) < 4.78 is 26.7. The van der Waals surface area contributed by atoms with Crippen molar-refractivity contribution in [2.45, 2.75) is 30.9 Å². The van der Waals surface area contributed by atoms with Crippen molar-refractivity contribution in [1.82, 2.24) is 14.8 Å². The summed E-state index contributed by atoms with van der Waals surface area (Å²) in [7, 11) is 1.50. The monoisotopic (exact) mass is 508 g/mol. The molecule has 10 heteroatoms. The van der Waals surface area contributed by atoms with E-state index in [2.05, 4.69) is 10.2 Å². The molecule has 0 bridgehead atoms. The topological polar surface area (TPSA) is 92.3 Å². The Morgan fingerprint density at radius 1 is 1.06 bits per heavy atom. The molecule has 1 atom stereocenters. The second kappa shape index (κ2) is 11.2. The Hall–Kier alpha value is -3.92. The number of aryl methyl sites for hydroxylation is 2. The number of hydrogen-bond donors (Lipinski definition) is 0. The zero-order valence-electron chi connectivity index (χ0n) is 20.1. The van der Waals surface area contributed by atoms with Crippen LogP contribution in [0.5, 0.6) is 11.5 Å². The maximum Gasteiger partial charge on any atom is 0.220 e. The lowest BCUT2D eigenvalue weighted by Gasteiger charge is -2.17. The van der Waals surface area contributed by atoms with Gasteiger partial charge in [0.25, 0.3) is 0 Å². The number of thioether (sulfide) groups is 1. The van der Waals surface area contributed by atoms with Gasteiger partial charge in [0, 0.05) is 10.6 Å². The molecule has 1 aromatic heterocycles. The normalized spacial score (nSPS) is 11.8. The summed E-state index contributed by atoms with van der Waals surface area (Å²) in [4.78, 5) is 11.2. The molecule has 4 aromatic rings. The van der Waals surface area contributed by atoms with Crippen molar-refractivity contribution in [2.24, 2.45) is 0 Å². The van der Waals surface area contributed by atoms with Crippen LogP contribution in [-0.2, 0) is 6.61 Å². The van der Waals surface area contributed by atoms with E-state index in [1.165, 1.54) is 31.0 Å². The smallest absolute Gasteiger partial charge is 0.220 e. The molecule has 0 aliphatic heterocycles. The minimum absolute atomic E-state index is 0.152. The van der Waals surface area contributed by atoms with Crippen molar-refractivity contribution in [3.8, 4) is 17.2 Å². The molecule has 0 saturated heterocycles. The molecule has 186 valence electrons. The standard InChI is InChI=1S/C26H25FN4O4S/c1-17-6-4-9-22(12-17)31-18(2)28-29-26(31)36-25(15-30(32)33)20-10-11-23(24(14-20)34-3)35-16-19-7-5-8-21(27)13-19/h4-14,25H,15-16H2,1-3H3/t25-/m1/s1. The molecule has 8 nitrogen and oxygen atoms in total. The predicted octanol–water partition coefficient (Wildman–Crippen LogP) is 5.72. The summed E-state index contributed by atoms with van der Waals surface area (Å²) in [6.07, 6.45) is 0. The SMILES string of the molecule is COc1cc([C@@H](C[N+](=O)[O-])Sc2nnc(C)n2-c2cccc(C)c2)ccc1OCc1cccc(F)c1. The Kier molecular flexibility index (Phi) is 7.84. The van der Waals surface area contributed by atoms with Gasteiger partial charge in [-0.3, -0.25) is 14.7 Å². The van der Waals surface area contributed by atoms with E-state index in [-0.39, 0.29) is 23.9 Å². The number of aromatic nitrogens is 3. The number of nitrogens with zero attached hydrogens (tertiary/aromatic N) is 4. The van der Waals surface area contributed by atoms with Crippen LogP contribution in [0.2, 0.25) is 0 Å². The lowest BCUT2D eigenvalue weighted by atomic mass is 10.1. The average molecular weight is 509 g/mol. The quantitative estimate of drug-likeness (QED) is 0.154. The zero-order chi connectivity index (χ0) is 25.7. The lowest BCUT2D eigenvalue weighted by Crippen LogP contribution is -2.11. The minimum Gasteiger partial charge on any atom is -0.493 e. The highest BCUT2D eigenvalue weighted by atomic mass is 32.2. The van der Waals surface area contributed by atoms with Gasteiger partial charge in [0.05, 0.1) is 7.11 Å². The first-order valence-electron chi connectivity index (χ1n) is 11.2. The van der Waals surface area contributed by atoms with Gasteiger partial charge in [0.15, 0.2) is 16.7 Å². The van der Waals surface area contributed by atoms with Crippen molar-refractivity contribution in [3.05, 3.63) is 105 Å². The van der Waals surface area contributed by atoms with E-state index in [9.17, 15) is 14.5 Å². The van der Waals surface area contributed by atoms with E-state index in [0.717, 1.165) is 11.3 Å². The average Bonchev–Trinajstić information content (AvgIpc) is 3.21. The number of nitro groups is 1. The molecule has 0 N–H and O–H groups in total. The molecule has 0 amide bonds. The van der Waals surface area contributed by atoms with Gasteiger partial charge < -0.3 is 9.47 Å². The number of hydrogen-bond acceptors (Lipinski definition) is 7. The molecule has 0 radical (unpaired) electrons. The highest BCUT2D eigenvalue weighted by Crippen LogP contribution is 2.39. The fourth-order valence-corrected chi connectivity index (χ4v) is 4.91. The molecule has 0 fully saturated rings. The van der Waals surface area contributed by atoms with E-state index in [1.54, 1.807) is 30.3 Å². The summed E-state index contributed by atoms with van der Waals surface area (Å²) in [6, 6.07) is 19.2. The Bertz CT molecular complexity index is 1380. The molecule has 4 rings (SSSR count). The molecule has 0 aliphatic rings. The van der Waals surface area contributed by atoms with E-state index in [0.29, 0.717) is 33.6 Å². The molecule has 0 saturated carbocycles. The molecular formula is C26H25FN4O4S. The molecule has 3 aromatic carbocycles. The number of rotatable bonds is 10. The van der Waals surface area contributed by atoms with Gasteiger partial charge in [0.2, 0.25) is 6.54 Å². The van der Waals surface area contributed by atoms with Gasteiger partial charge >= 0.3 is 0 Å². The first-order valence-corrected chi connectivity index (χ1v) is 12.0. The first kappa shape index (κ1) is 25.2. The second-order valence-electron chi connectivity index (χ2n) is 8.15. The van der Waals surface area contributed by atoms with Gasteiger partial charge in [-0.1, -0.05) is 42.1 Å². The van der Waals surface area contributed by atoms with Gasteiger partial charge in [-0.15, -0.1) is 10.2 Å². The van der Waals surface area contributed by atoms with Crippen LogP contribution in [0, 0.1) is 29.8 Å². The third-order valence-corrected chi connectivity index (χ3v) is 6.64. The Balaban J connectivity index is 1.61. The van der Waals surface area contributed by atoms with E-state index in [1.807, 2.05) is 42.7 Å². The van der Waals surface area contributed by atoms with E-state index < -0.39 is 5.25 Å². The zero-order valence-corrected chi connectivity index (χ0v) is 20.9. The summed E-state index contributed by atoms with van der Waals surface area (Å²) >= 11 is 1.26. The fourth-order valence-electron chi connectivity index (χ4n) is 3.75. The fraction of sp³-hybridized carbons (Fsp3) is 0.231. The molecule has 0 aliphatic carbocycles. The largest absolute Gasteiger partial charge is 0.493 e. The highest BCUT2D eigenvalue weighted by Gasteiger charge is 2.25. The summed E-state index contributed by atoms with van der Waals surface area (Å²) in [6.45, 7) is 3.67. The van der Waals surface area contributed by atoms with E-state index >= 15 is 0 Å². The van der Waals surface area contributed by atoms with Crippen molar-refractivity contribution in [1.29, 1.82) is 0 Å². The first-order chi connectivity index (χ1) is 17.3. The van der Waals surface area contributed by atoms with Crippen LogP contribution < -0.4 is 9.47 Å². The Morgan fingerprint density at radius 3 is 2.58 bits per heavy atom. The van der Waals surface area contributed by atoms with Crippen LogP contribution in [0.3, 0.4) is 0 Å². The Morgan fingerprint density at radius 2 is 1.86 bits per heavy atom. The Labute approximate surface area is 212 Å². The lowest BCUT2D eigenvalue weighted by molar-refractivity contribution is -0.479. The van der Waals surface area contributed by atoms with Crippen molar-refractivity contribution >= 4 is 11.8 Å². The van der Waals surface area contributed by atoms with Crippen LogP contribution in [0.15, 0.2) is 71.9 Å². The number of ether oxygens (including phenoxy) is 2. The van der Waals surface area contributed by atoms with Gasteiger partial charge in [0.1, 0.15) is 23.5 Å². The van der Waals surface area contributed by atoms with Crippen molar-refractivity contribution < 1.29 is 18.8 Å². The van der Waals surface area contributed by atoms with Crippen LogP contribution in [-0.4, -0.2) is 33.3 Å². The highest BCUT2D eigenvalue weighted by molar-refractivity contribution is 7.99. The van der Waals surface area contributed by atoms with Crippen LogP contribution >= 0.6 is 11.8 Å². The summed E-state index contributed by atoms with van der Waals surface area (Å²) in [5.41, 5.74) is 3.33. The maximum absolute atomic E-state index is 13.5. The molecular weight excluding hydrogens is 483 g/mol. The number of benzene rings is 3. The minimum atomic E-state index is -0.557. The van der Waals surface area contributed by atoms with Crippen LogP contribution in [0.1, 0.15) is 27.8 Å². The maximum atomic E-state index is 13.5.